The molecule has 6 nitrogen and oxygen atoms in total. The Bertz CT molecular complexity index is 889. The van der Waals surface area contributed by atoms with Crippen LogP contribution in [0.15, 0.2) is 42.5 Å². The van der Waals surface area contributed by atoms with E-state index in [4.69, 9.17) is 14.2 Å². The maximum atomic E-state index is 13.3. The molecule has 154 valence electrons. The zero-order valence-electron chi connectivity index (χ0n) is 16.3. The summed E-state index contributed by atoms with van der Waals surface area (Å²) in [5.41, 5.74) is 2.13. The van der Waals surface area contributed by atoms with Crippen LogP contribution in [0.2, 0.25) is 0 Å². The number of likely N-dealkylation sites (tertiary alicyclic amines) is 1. The van der Waals surface area contributed by atoms with Crippen LogP contribution >= 0.6 is 12.4 Å². The minimum absolute atomic E-state index is 0. The summed E-state index contributed by atoms with van der Waals surface area (Å²) in [5.74, 6) is 3.42. The molecule has 0 aliphatic carbocycles. The number of methoxy groups -OCH3 is 1. The maximum Gasteiger partial charge on any atom is 0.231 e. The van der Waals surface area contributed by atoms with Crippen LogP contribution in [0, 0.1) is 11.8 Å². The molecule has 1 amide bonds. The Labute approximate surface area is 176 Å². The van der Waals surface area contributed by atoms with Gasteiger partial charge < -0.3 is 24.4 Å². The monoisotopic (exact) mass is 416 g/mol. The second kappa shape index (κ2) is 8.13. The van der Waals surface area contributed by atoms with Gasteiger partial charge in [0.15, 0.2) is 11.5 Å². The van der Waals surface area contributed by atoms with E-state index in [-0.39, 0.29) is 31.1 Å². The topological polar surface area (TPSA) is 60.0 Å². The lowest BCUT2D eigenvalue weighted by atomic mass is 9.89. The van der Waals surface area contributed by atoms with Crippen molar-refractivity contribution in [3.63, 3.8) is 0 Å². The van der Waals surface area contributed by atoms with Crippen LogP contribution in [-0.4, -0.2) is 44.3 Å². The van der Waals surface area contributed by atoms with Crippen molar-refractivity contribution in [2.75, 3.05) is 33.5 Å². The normalized spacial score (nSPS) is 24.2. The van der Waals surface area contributed by atoms with Crippen LogP contribution in [-0.2, 0) is 11.2 Å². The summed E-state index contributed by atoms with van der Waals surface area (Å²) < 4.78 is 16.1. The SMILES string of the molecule is COc1ccc([C@@H]2[C@H]3CNC[C@H]3CN2C(=O)Cc2ccc3c(c2)OCO3)cc1.Cl. The molecular weight excluding hydrogens is 392 g/mol. The fourth-order valence-electron chi connectivity index (χ4n) is 4.73. The number of rotatable bonds is 4. The van der Waals surface area contributed by atoms with Crippen molar-refractivity contribution in [1.82, 2.24) is 10.2 Å². The molecule has 2 aromatic carbocycles. The van der Waals surface area contributed by atoms with Gasteiger partial charge in [-0.1, -0.05) is 18.2 Å². The fourth-order valence-corrected chi connectivity index (χ4v) is 4.73. The molecule has 0 aromatic heterocycles. The van der Waals surface area contributed by atoms with Gasteiger partial charge in [0.2, 0.25) is 12.7 Å². The van der Waals surface area contributed by atoms with Crippen LogP contribution < -0.4 is 19.5 Å². The second-order valence-corrected chi connectivity index (χ2v) is 7.71. The Morgan fingerprint density at radius 2 is 1.93 bits per heavy atom. The zero-order chi connectivity index (χ0) is 19.1. The van der Waals surface area contributed by atoms with E-state index in [1.807, 2.05) is 30.3 Å². The number of fused-ring (bicyclic) bond motifs is 2. The third-order valence-corrected chi connectivity index (χ3v) is 6.13. The smallest absolute Gasteiger partial charge is 0.231 e. The third kappa shape index (κ3) is 3.63. The summed E-state index contributed by atoms with van der Waals surface area (Å²) in [7, 11) is 1.67. The molecule has 3 atom stereocenters. The van der Waals surface area contributed by atoms with Crippen LogP contribution in [0.3, 0.4) is 0 Å². The number of halogens is 1. The highest BCUT2D eigenvalue weighted by Crippen LogP contribution is 2.43. The fraction of sp³-hybridized carbons (Fsp3) is 0.409. The predicted octanol–water partition coefficient (Wildman–Crippen LogP) is 2.81. The number of carbonyl (C=O) groups is 1. The zero-order valence-corrected chi connectivity index (χ0v) is 17.1. The number of ether oxygens (including phenoxy) is 3. The van der Waals surface area contributed by atoms with E-state index in [0.29, 0.717) is 18.3 Å². The molecule has 3 aliphatic heterocycles. The molecule has 2 saturated heterocycles. The van der Waals surface area contributed by atoms with E-state index in [2.05, 4.69) is 22.3 Å². The molecule has 7 heteroatoms. The minimum atomic E-state index is 0. The largest absolute Gasteiger partial charge is 0.497 e. The molecule has 5 rings (SSSR count). The van der Waals surface area contributed by atoms with Crippen molar-refractivity contribution in [3.05, 3.63) is 53.6 Å². The number of nitrogens with one attached hydrogen (secondary N) is 1. The van der Waals surface area contributed by atoms with E-state index in [0.717, 1.165) is 42.4 Å². The quantitative estimate of drug-likeness (QED) is 0.830. The van der Waals surface area contributed by atoms with Crippen LogP contribution in [0.5, 0.6) is 17.2 Å². The van der Waals surface area contributed by atoms with Crippen LogP contribution in [0.4, 0.5) is 0 Å². The average Bonchev–Trinajstić information content (AvgIpc) is 3.43. The summed E-state index contributed by atoms with van der Waals surface area (Å²) in [6.07, 6.45) is 0.371. The highest BCUT2D eigenvalue weighted by atomic mass is 35.5. The molecular formula is C22H25ClN2O4. The Kier molecular flexibility index (Phi) is 5.56. The number of amides is 1. The first-order valence-electron chi connectivity index (χ1n) is 9.75. The van der Waals surface area contributed by atoms with E-state index < -0.39 is 0 Å². The summed E-state index contributed by atoms with van der Waals surface area (Å²) in [4.78, 5) is 15.3. The molecule has 3 heterocycles. The number of benzene rings is 2. The highest BCUT2D eigenvalue weighted by molar-refractivity contribution is 5.85. The molecule has 0 bridgehead atoms. The lowest BCUT2D eigenvalue weighted by Gasteiger charge is -2.28. The van der Waals surface area contributed by atoms with Crippen molar-refractivity contribution in [2.45, 2.75) is 12.5 Å². The highest BCUT2D eigenvalue weighted by Gasteiger charge is 2.46. The molecule has 0 unspecified atom stereocenters. The first-order chi connectivity index (χ1) is 13.7. The first kappa shape index (κ1) is 19.9. The molecule has 1 N–H and O–H groups in total. The van der Waals surface area contributed by atoms with Crippen molar-refractivity contribution in [2.24, 2.45) is 11.8 Å². The van der Waals surface area contributed by atoms with Crippen LogP contribution in [0.25, 0.3) is 0 Å². The van der Waals surface area contributed by atoms with Crippen molar-refractivity contribution >= 4 is 18.3 Å². The Morgan fingerprint density at radius 1 is 1.14 bits per heavy atom. The van der Waals surface area contributed by atoms with Gasteiger partial charge in [-0.05, 0) is 41.3 Å². The van der Waals surface area contributed by atoms with Crippen LogP contribution in [0.1, 0.15) is 17.2 Å². The summed E-state index contributed by atoms with van der Waals surface area (Å²) in [6.45, 7) is 2.98. The van der Waals surface area contributed by atoms with Crippen molar-refractivity contribution in [3.8, 4) is 17.2 Å². The summed E-state index contributed by atoms with van der Waals surface area (Å²) >= 11 is 0. The van der Waals surface area contributed by atoms with E-state index in [1.165, 1.54) is 5.56 Å². The molecule has 0 spiro atoms. The summed E-state index contributed by atoms with van der Waals surface area (Å²) in [6, 6.07) is 14.0. The van der Waals surface area contributed by atoms with Gasteiger partial charge in [0.1, 0.15) is 5.75 Å². The van der Waals surface area contributed by atoms with Gasteiger partial charge >= 0.3 is 0 Å². The molecule has 2 aromatic rings. The number of hydrogen-bond donors (Lipinski definition) is 1. The molecule has 0 saturated carbocycles. The van der Waals surface area contributed by atoms with Crippen molar-refractivity contribution in [1.29, 1.82) is 0 Å². The van der Waals surface area contributed by atoms with Crippen molar-refractivity contribution < 1.29 is 19.0 Å². The van der Waals surface area contributed by atoms with Gasteiger partial charge in [-0.3, -0.25) is 4.79 Å². The van der Waals surface area contributed by atoms with E-state index in [9.17, 15) is 4.79 Å². The first-order valence-corrected chi connectivity index (χ1v) is 9.75. The Balaban J connectivity index is 0.00000205. The van der Waals surface area contributed by atoms with E-state index >= 15 is 0 Å². The standard InChI is InChI=1S/C22H24N2O4.ClH/c1-26-17-5-3-15(4-6-17)22-18-11-23-10-16(18)12-24(22)21(25)9-14-2-7-19-20(8-14)28-13-27-19;/h2-8,16,18,22-23H,9-13H2,1H3;1H/t16-,18-,22+;/m0./s1. The Hall–Kier alpha value is -2.44. The maximum absolute atomic E-state index is 13.3. The van der Waals surface area contributed by atoms with Gasteiger partial charge in [-0.15, -0.1) is 12.4 Å². The lowest BCUT2D eigenvalue weighted by molar-refractivity contribution is -0.131. The van der Waals surface area contributed by atoms with Gasteiger partial charge in [-0.2, -0.15) is 0 Å². The number of hydrogen-bond acceptors (Lipinski definition) is 5. The molecule has 29 heavy (non-hydrogen) atoms. The Morgan fingerprint density at radius 3 is 2.72 bits per heavy atom. The summed E-state index contributed by atoms with van der Waals surface area (Å²) in [5, 5.41) is 3.49. The van der Waals surface area contributed by atoms with Gasteiger partial charge in [0.05, 0.1) is 19.6 Å². The van der Waals surface area contributed by atoms with E-state index in [1.54, 1.807) is 7.11 Å². The molecule has 0 radical (unpaired) electrons. The third-order valence-electron chi connectivity index (χ3n) is 6.13. The second-order valence-electron chi connectivity index (χ2n) is 7.71. The number of nitrogens with zero attached hydrogens (tertiary/aromatic N) is 1. The molecule has 2 fully saturated rings. The lowest BCUT2D eigenvalue weighted by Crippen LogP contribution is -2.35. The molecule has 3 aliphatic rings. The minimum Gasteiger partial charge on any atom is -0.497 e. The van der Waals surface area contributed by atoms with Gasteiger partial charge in [-0.25, -0.2) is 0 Å². The van der Waals surface area contributed by atoms with Gasteiger partial charge in [0, 0.05) is 25.6 Å². The van der Waals surface area contributed by atoms with Gasteiger partial charge in [0.25, 0.3) is 0 Å². The predicted molar refractivity (Wildman–Crippen MR) is 111 cm³/mol. The average molecular weight is 417 g/mol. The number of carbonyl (C=O) groups excluding carboxylic acids is 1.